The molecule has 17 heavy (non-hydrogen) atoms. The molecule has 0 bridgehead atoms. The molecule has 2 aromatic rings. The first-order valence-electron chi connectivity index (χ1n) is 5.63. The van der Waals surface area contributed by atoms with Gasteiger partial charge in [0.05, 0.1) is 0 Å². The van der Waals surface area contributed by atoms with E-state index in [1.807, 2.05) is 21.7 Å². The van der Waals surface area contributed by atoms with E-state index in [1.54, 1.807) is 17.4 Å². The Morgan fingerprint density at radius 3 is 2.94 bits per heavy atom. The summed E-state index contributed by atoms with van der Waals surface area (Å²) in [4.78, 5) is 13.9. The standard InChI is InChI=1S/C12H12N2O2S/c15-12(14-4-1-2-5-14)10-7-11(16-13-10)9-3-6-17-8-9/h3,6-8H,1-2,4-5H2. The summed E-state index contributed by atoms with van der Waals surface area (Å²) in [5.74, 6) is 0.640. The van der Waals surface area contributed by atoms with Gasteiger partial charge in [0.25, 0.3) is 5.91 Å². The Morgan fingerprint density at radius 2 is 2.24 bits per heavy atom. The van der Waals surface area contributed by atoms with Crippen LogP contribution in [0.2, 0.25) is 0 Å². The van der Waals surface area contributed by atoms with Crippen LogP contribution in [0.25, 0.3) is 11.3 Å². The summed E-state index contributed by atoms with van der Waals surface area (Å²) >= 11 is 1.59. The maximum atomic E-state index is 12.0. The Balaban J connectivity index is 1.82. The van der Waals surface area contributed by atoms with E-state index in [2.05, 4.69) is 5.16 Å². The van der Waals surface area contributed by atoms with Gasteiger partial charge in [0.15, 0.2) is 11.5 Å². The molecule has 1 amide bonds. The third-order valence-corrected chi connectivity index (χ3v) is 3.61. The summed E-state index contributed by atoms with van der Waals surface area (Å²) in [5, 5.41) is 7.80. The molecule has 0 aliphatic carbocycles. The fourth-order valence-electron chi connectivity index (χ4n) is 2.00. The van der Waals surface area contributed by atoms with Crippen LogP contribution in [0.4, 0.5) is 0 Å². The van der Waals surface area contributed by atoms with Crippen molar-refractivity contribution in [2.45, 2.75) is 12.8 Å². The minimum atomic E-state index is -0.0206. The van der Waals surface area contributed by atoms with Gasteiger partial charge in [-0.05, 0) is 24.3 Å². The number of thiophene rings is 1. The minimum Gasteiger partial charge on any atom is -0.355 e. The number of nitrogens with zero attached hydrogens (tertiary/aromatic N) is 2. The predicted molar refractivity (Wildman–Crippen MR) is 65.0 cm³/mol. The molecular formula is C12H12N2O2S. The van der Waals surface area contributed by atoms with Crippen molar-refractivity contribution in [2.75, 3.05) is 13.1 Å². The smallest absolute Gasteiger partial charge is 0.276 e. The molecular weight excluding hydrogens is 236 g/mol. The molecule has 1 fully saturated rings. The summed E-state index contributed by atoms with van der Waals surface area (Å²) in [6.07, 6.45) is 2.17. The zero-order valence-electron chi connectivity index (χ0n) is 9.26. The highest BCUT2D eigenvalue weighted by Crippen LogP contribution is 2.23. The summed E-state index contributed by atoms with van der Waals surface area (Å²) in [5.41, 5.74) is 1.39. The van der Waals surface area contributed by atoms with Gasteiger partial charge < -0.3 is 9.42 Å². The minimum absolute atomic E-state index is 0.0206. The Hall–Kier alpha value is -1.62. The largest absolute Gasteiger partial charge is 0.355 e. The van der Waals surface area contributed by atoms with Crippen LogP contribution in [-0.2, 0) is 0 Å². The molecule has 5 heteroatoms. The number of rotatable bonds is 2. The first-order chi connectivity index (χ1) is 8.34. The highest BCUT2D eigenvalue weighted by Gasteiger charge is 2.22. The van der Waals surface area contributed by atoms with Crippen LogP contribution in [0.5, 0.6) is 0 Å². The number of hydrogen-bond acceptors (Lipinski definition) is 4. The van der Waals surface area contributed by atoms with Crippen molar-refractivity contribution in [3.63, 3.8) is 0 Å². The second kappa shape index (κ2) is 4.33. The Morgan fingerprint density at radius 1 is 1.41 bits per heavy atom. The van der Waals surface area contributed by atoms with Crippen LogP contribution >= 0.6 is 11.3 Å². The molecule has 0 aromatic carbocycles. The number of aromatic nitrogens is 1. The van der Waals surface area contributed by atoms with Crippen LogP contribution in [0, 0.1) is 0 Å². The first-order valence-corrected chi connectivity index (χ1v) is 6.57. The fourth-order valence-corrected chi connectivity index (χ4v) is 2.64. The van der Waals surface area contributed by atoms with Gasteiger partial charge in [-0.1, -0.05) is 5.16 Å². The molecule has 0 unspecified atom stereocenters. The van der Waals surface area contributed by atoms with Gasteiger partial charge in [0.1, 0.15) is 0 Å². The van der Waals surface area contributed by atoms with Gasteiger partial charge in [0, 0.05) is 30.1 Å². The zero-order chi connectivity index (χ0) is 11.7. The van der Waals surface area contributed by atoms with Crippen LogP contribution in [0.15, 0.2) is 27.4 Å². The average molecular weight is 248 g/mol. The lowest BCUT2D eigenvalue weighted by atomic mass is 10.2. The van der Waals surface area contributed by atoms with Gasteiger partial charge in [-0.2, -0.15) is 11.3 Å². The molecule has 0 N–H and O–H groups in total. The molecule has 0 atom stereocenters. The van der Waals surface area contributed by atoms with E-state index in [0.29, 0.717) is 11.5 Å². The van der Waals surface area contributed by atoms with E-state index in [9.17, 15) is 4.79 Å². The highest BCUT2D eigenvalue weighted by atomic mass is 32.1. The van der Waals surface area contributed by atoms with E-state index in [0.717, 1.165) is 31.5 Å². The molecule has 3 heterocycles. The van der Waals surface area contributed by atoms with Crippen molar-refractivity contribution in [3.05, 3.63) is 28.6 Å². The average Bonchev–Trinajstić information content (AvgIpc) is 3.09. The lowest BCUT2D eigenvalue weighted by Gasteiger charge is -2.12. The Bertz CT molecular complexity index is 512. The quantitative estimate of drug-likeness (QED) is 0.820. The van der Waals surface area contributed by atoms with Crippen LogP contribution < -0.4 is 0 Å². The molecule has 1 aliphatic heterocycles. The second-order valence-corrected chi connectivity index (χ2v) is 4.87. The first kappa shape index (κ1) is 10.5. The van der Waals surface area contributed by atoms with Crippen molar-refractivity contribution >= 4 is 17.2 Å². The van der Waals surface area contributed by atoms with Gasteiger partial charge in [0.2, 0.25) is 0 Å². The molecule has 4 nitrogen and oxygen atoms in total. The monoisotopic (exact) mass is 248 g/mol. The SMILES string of the molecule is O=C(c1cc(-c2ccsc2)on1)N1CCCC1. The van der Waals surface area contributed by atoms with Gasteiger partial charge >= 0.3 is 0 Å². The highest BCUT2D eigenvalue weighted by molar-refractivity contribution is 7.08. The number of likely N-dealkylation sites (tertiary alicyclic amines) is 1. The Labute approximate surface area is 103 Å². The zero-order valence-corrected chi connectivity index (χ0v) is 10.1. The summed E-state index contributed by atoms with van der Waals surface area (Å²) in [6.45, 7) is 1.67. The Kier molecular flexibility index (Phi) is 2.68. The summed E-state index contributed by atoms with van der Waals surface area (Å²) < 4.78 is 5.20. The number of carbonyl (C=O) groups excluding carboxylic acids is 1. The molecule has 88 valence electrons. The molecule has 2 aromatic heterocycles. The second-order valence-electron chi connectivity index (χ2n) is 4.09. The molecule has 0 radical (unpaired) electrons. The topological polar surface area (TPSA) is 46.3 Å². The molecule has 1 aliphatic rings. The molecule has 0 saturated carbocycles. The molecule has 3 rings (SSSR count). The van der Waals surface area contributed by atoms with Crippen molar-refractivity contribution in [3.8, 4) is 11.3 Å². The van der Waals surface area contributed by atoms with E-state index < -0.39 is 0 Å². The van der Waals surface area contributed by atoms with E-state index in [4.69, 9.17) is 4.52 Å². The lowest BCUT2D eigenvalue weighted by Crippen LogP contribution is -2.27. The summed E-state index contributed by atoms with van der Waals surface area (Å²) in [7, 11) is 0. The van der Waals surface area contributed by atoms with Crippen molar-refractivity contribution < 1.29 is 9.32 Å². The van der Waals surface area contributed by atoms with Crippen molar-refractivity contribution in [1.82, 2.24) is 10.1 Å². The maximum absolute atomic E-state index is 12.0. The normalized spacial score (nSPS) is 15.4. The molecule has 0 spiro atoms. The van der Waals surface area contributed by atoms with Gasteiger partial charge in [-0.15, -0.1) is 0 Å². The fraction of sp³-hybridized carbons (Fsp3) is 0.333. The number of carbonyl (C=O) groups is 1. The van der Waals surface area contributed by atoms with Crippen LogP contribution in [0.3, 0.4) is 0 Å². The number of hydrogen-bond donors (Lipinski definition) is 0. The van der Waals surface area contributed by atoms with Crippen LogP contribution in [0.1, 0.15) is 23.3 Å². The predicted octanol–water partition coefficient (Wildman–Crippen LogP) is 2.64. The van der Waals surface area contributed by atoms with E-state index in [1.165, 1.54) is 0 Å². The van der Waals surface area contributed by atoms with Gasteiger partial charge in [-0.25, -0.2) is 0 Å². The number of amides is 1. The van der Waals surface area contributed by atoms with Crippen LogP contribution in [-0.4, -0.2) is 29.1 Å². The van der Waals surface area contributed by atoms with Crippen molar-refractivity contribution in [2.24, 2.45) is 0 Å². The maximum Gasteiger partial charge on any atom is 0.276 e. The molecule has 1 saturated heterocycles. The van der Waals surface area contributed by atoms with Crippen molar-refractivity contribution in [1.29, 1.82) is 0 Å². The third-order valence-electron chi connectivity index (χ3n) is 2.93. The van der Waals surface area contributed by atoms with Gasteiger partial charge in [-0.3, -0.25) is 4.79 Å². The van der Waals surface area contributed by atoms with E-state index in [-0.39, 0.29) is 5.91 Å². The lowest BCUT2D eigenvalue weighted by molar-refractivity contribution is 0.0782. The van der Waals surface area contributed by atoms with E-state index >= 15 is 0 Å². The third kappa shape index (κ3) is 1.98. The summed E-state index contributed by atoms with van der Waals surface area (Å²) in [6, 6.07) is 3.68.